The Morgan fingerprint density at radius 3 is 1.30 bits per heavy atom. The molecule has 8 nitrogen and oxygen atoms in total. The number of hydrogen-bond acceptors (Lipinski definition) is 6. The van der Waals surface area contributed by atoms with Gasteiger partial charge in [-0.2, -0.15) is 0 Å². The number of aryl methyl sites for hydroxylation is 4. The summed E-state index contributed by atoms with van der Waals surface area (Å²) < 4.78 is 15.8. The molecule has 0 aliphatic carbocycles. The van der Waals surface area contributed by atoms with Crippen LogP contribution in [0.5, 0.6) is 0 Å². The number of para-hydroxylation sites is 2. The molecule has 0 atom stereocenters. The van der Waals surface area contributed by atoms with E-state index < -0.39 is 11.9 Å². The third kappa shape index (κ3) is 8.20. The maximum Gasteiger partial charge on any atom is 0.356 e. The molecule has 0 radical (unpaired) electrons. The molecule has 0 bridgehead atoms. The summed E-state index contributed by atoms with van der Waals surface area (Å²) in [5, 5.41) is 4.23. The number of unbranched alkanes of at least 4 members (excludes halogenated alkanes) is 3. The molecule has 8 rings (SSSR count). The Bertz CT molecular complexity index is 2410. The van der Waals surface area contributed by atoms with Crippen molar-refractivity contribution in [3.8, 4) is 0 Å². The van der Waals surface area contributed by atoms with Crippen LogP contribution in [0.2, 0.25) is 0 Å². The first-order chi connectivity index (χ1) is 27.6. The van der Waals surface area contributed by atoms with Crippen LogP contribution >= 0.6 is 0 Å². The number of carbonyl (C=O) groups is 2. The summed E-state index contributed by atoms with van der Waals surface area (Å²) in [6, 6.07) is 41.4. The maximum atomic E-state index is 13.0. The molecular formula is C48H46N4O4. The van der Waals surface area contributed by atoms with Crippen LogP contribution in [0.3, 0.4) is 0 Å². The molecular weight excluding hydrogens is 697 g/mol. The van der Waals surface area contributed by atoms with Gasteiger partial charge < -0.3 is 18.6 Å². The molecule has 0 saturated heterocycles. The highest BCUT2D eigenvalue weighted by Gasteiger charge is 2.17. The van der Waals surface area contributed by atoms with Crippen LogP contribution in [0.1, 0.15) is 70.6 Å². The highest BCUT2D eigenvalue weighted by atomic mass is 16.5. The van der Waals surface area contributed by atoms with E-state index in [0.29, 0.717) is 24.6 Å². The molecule has 8 heteroatoms. The smallest absolute Gasteiger partial charge is 0.356 e. The molecule has 282 valence electrons. The third-order valence-electron chi connectivity index (χ3n) is 10.6. The fourth-order valence-corrected chi connectivity index (χ4v) is 7.80. The second-order valence-electron chi connectivity index (χ2n) is 14.4. The van der Waals surface area contributed by atoms with Gasteiger partial charge in [0.25, 0.3) is 0 Å². The van der Waals surface area contributed by atoms with Gasteiger partial charge >= 0.3 is 11.9 Å². The van der Waals surface area contributed by atoms with Crippen LogP contribution in [0.15, 0.2) is 134 Å². The van der Waals surface area contributed by atoms with Crippen LogP contribution in [0.25, 0.3) is 43.6 Å². The van der Waals surface area contributed by atoms with Gasteiger partial charge in [-0.3, -0.25) is 0 Å². The van der Waals surface area contributed by atoms with E-state index in [1.54, 1.807) is 12.4 Å². The molecule has 0 unspecified atom stereocenters. The van der Waals surface area contributed by atoms with Crippen molar-refractivity contribution in [2.24, 2.45) is 0 Å². The van der Waals surface area contributed by atoms with Crippen molar-refractivity contribution >= 4 is 55.6 Å². The van der Waals surface area contributed by atoms with Gasteiger partial charge in [-0.15, -0.1) is 0 Å². The van der Waals surface area contributed by atoms with Gasteiger partial charge in [-0.1, -0.05) is 97.1 Å². The average Bonchev–Trinajstić information content (AvgIpc) is 3.73. The van der Waals surface area contributed by atoms with Crippen molar-refractivity contribution in [2.45, 2.75) is 64.5 Å². The second-order valence-corrected chi connectivity index (χ2v) is 14.4. The normalized spacial score (nSPS) is 11.5. The highest BCUT2D eigenvalue weighted by Crippen LogP contribution is 2.31. The molecule has 0 saturated carbocycles. The van der Waals surface area contributed by atoms with Crippen molar-refractivity contribution in [1.82, 2.24) is 19.1 Å². The summed E-state index contributed by atoms with van der Waals surface area (Å²) in [6.45, 7) is 2.34. The number of ether oxygens (including phenoxy) is 2. The minimum atomic E-state index is -0.415. The summed E-state index contributed by atoms with van der Waals surface area (Å²) in [6.07, 6.45) is 10.7. The third-order valence-corrected chi connectivity index (χ3v) is 10.6. The van der Waals surface area contributed by atoms with Crippen molar-refractivity contribution in [3.05, 3.63) is 156 Å². The monoisotopic (exact) mass is 742 g/mol. The van der Waals surface area contributed by atoms with E-state index in [9.17, 15) is 9.59 Å². The lowest BCUT2D eigenvalue weighted by atomic mass is 10.1. The topological polar surface area (TPSA) is 88.2 Å². The van der Waals surface area contributed by atoms with E-state index >= 15 is 0 Å². The van der Waals surface area contributed by atoms with E-state index in [2.05, 4.69) is 91.9 Å². The van der Waals surface area contributed by atoms with Crippen molar-refractivity contribution < 1.29 is 19.1 Å². The van der Waals surface area contributed by atoms with Gasteiger partial charge in [0.1, 0.15) is 11.4 Å². The van der Waals surface area contributed by atoms with E-state index in [-0.39, 0.29) is 0 Å². The largest absolute Gasteiger partial charge is 0.461 e. The van der Waals surface area contributed by atoms with Gasteiger partial charge in [0, 0.05) is 45.7 Å². The first kappa shape index (κ1) is 36.7. The van der Waals surface area contributed by atoms with Gasteiger partial charge in [0.05, 0.1) is 36.6 Å². The molecule has 0 N–H and O–H groups in total. The Balaban J connectivity index is 0.791. The van der Waals surface area contributed by atoms with E-state index in [4.69, 9.17) is 9.47 Å². The van der Waals surface area contributed by atoms with Crippen LogP contribution in [-0.4, -0.2) is 44.3 Å². The van der Waals surface area contributed by atoms with Crippen LogP contribution < -0.4 is 0 Å². The van der Waals surface area contributed by atoms with Crippen LogP contribution in [-0.2, 0) is 35.4 Å². The average molecular weight is 743 g/mol. The SMILES string of the molecule is O=C(OCCCCCCOC(=O)c1cc2c3ccccc3n(CCCc3ccccc3)c2cn1)c1cc2c3ccccc3n(CCCc3ccccc3)c2cn1. The number of aromatic nitrogens is 4. The fraction of sp³-hybridized carbons (Fsp3) is 0.250. The lowest BCUT2D eigenvalue weighted by Gasteiger charge is -2.08. The van der Waals surface area contributed by atoms with Crippen LogP contribution in [0.4, 0.5) is 0 Å². The minimum Gasteiger partial charge on any atom is -0.461 e. The fourth-order valence-electron chi connectivity index (χ4n) is 7.80. The molecule has 4 aromatic carbocycles. The summed E-state index contributed by atoms with van der Waals surface area (Å²) in [5.74, 6) is -0.831. The summed E-state index contributed by atoms with van der Waals surface area (Å²) in [7, 11) is 0. The summed E-state index contributed by atoms with van der Waals surface area (Å²) in [4.78, 5) is 35.0. The Hall–Kier alpha value is -6.28. The molecule has 56 heavy (non-hydrogen) atoms. The zero-order valence-electron chi connectivity index (χ0n) is 31.6. The molecule has 0 aliphatic rings. The first-order valence-corrected chi connectivity index (χ1v) is 19.8. The number of carbonyl (C=O) groups excluding carboxylic acids is 2. The number of esters is 2. The number of fused-ring (bicyclic) bond motifs is 6. The number of benzene rings is 4. The van der Waals surface area contributed by atoms with Crippen molar-refractivity contribution in [3.63, 3.8) is 0 Å². The molecule has 4 aromatic heterocycles. The molecule has 0 fully saturated rings. The van der Waals surface area contributed by atoms with Gasteiger partial charge in [0.2, 0.25) is 0 Å². The summed E-state index contributed by atoms with van der Waals surface area (Å²) >= 11 is 0. The zero-order valence-corrected chi connectivity index (χ0v) is 31.6. The molecule has 4 heterocycles. The molecule has 0 amide bonds. The maximum absolute atomic E-state index is 13.0. The number of nitrogens with zero attached hydrogens (tertiary/aromatic N) is 4. The lowest BCUT2D eigenvalue weighted by molar-refractivity contribution is 0.0467. The van der Waals surface area contributed by atoms with Crippen molar-refractivity contribution in [2.75, 3.05) is 13.2 Å². The zero-order chi connectivity index (χ0) is 38.1. The Labute approximate surface area is 326 Å². The Morgan fingerprint density at radius 2 is 0.857 bits per heavy atom. The highest BCUT2D eigenvalue weighted by molar-refractivity contribution is 6.10. The number of pyridine rings is 2. The summed E-state index contributed by atoms with van der Waals surface area (Å²) in [5.41, 5.74) is 7.60. The predicted molar refractivity (Wildman–Crippen MR) is 223 cm³/mol. The van der Waals surface area contributed by atoms with E-state index in [0.717, 1.165) is 108 Å². The number of hydrogen-bond donors (Lipinski definition) is 0. The lowest BCUT2D eigenvalue weighted by Crippen LogP contribution is -2.09. The van der Waals surface area contributed by atoms with Gasteiger partial charge in [0.15, 0.2) is 0 Å². The van der Waals surface area contributed by atoms with Gasteiger partial charge in [-0.05, 0) is 86.8 Å². The number of rotatable bonds is 17. The standard InChI is InChI=1S/C48H46N4O4/c53-47(41-31-39-37-23-9-11-25-43(37)51(45(39)33-49-41)27-15-21-35-17-5-3-6-18-35)55-29-13-1-2-14-30-56-48(54)42-32-40-38-24-10-12-26-44(38)52(46(40)34-50-42)28-16-22-36-19-7-4-8-20-36/h3-12,17-20,23-26,31-34H,1-2,13-16,21-22,27-30H2. The van der Waals surface area contributed by atoms with Crippen LogP contribution in [0, 0.1) is 0 Å². The van der Waals surface area contributed by atoms with Crippen molar-refractivity contribution in [1.29, 1.82) is 0 Å². The minimum absolute atomic E-state index is 0.309. The molecule has 0 aliphatic heterocycles. The second kappa shape index (κ2) is 17.5. The molecule has 0 spiro atoms. The molecule has 8 aromatic rings. The first-order valence-electron chi connectivity index (χ1n) is 19.8. The van der Waals surface area contributed by atoms with E-state index in [1.165, 1.54) is 11.1 Å². The Kier molecular flexibility index (Phi) is 11.4. The van der Waals surface area contributed by atoms with Gasteiger partial charge in [-0.25, -0.2) is 19.6 Å². The quantitative estimate of drug-likeness (QED) is 0.0682. The predicted octanol–water partition coefficient (Wildman–Crippen LogP) is 10.5. The Morgan fingerprint density at radius 1 is 0.446 bits per heavy atom. The van der Waals surface area contributed by atoms with E-state index in [1.807, 2.05) is 48.5 Å².